The molecule has 0 spiro atoms. The third-order valence-electron chi connectivity index (χ3n) is 1.79. The van der Waals surface area contributed by atoms with Crippen molar-refractivity contribution in [3.63, 3.8) is 0 Å². The van der Waals surface area contributed by atoms with E-state index in [0.29, 0.717) is 0 Å². The highest BCUT2D eigenvalue weighted by molar-refractivity contribution is 5.81. The third kappa shape index (κ3) is 1.05. The largest absolute Gasteiger partial charge is 0.382 e. The van der Waals surface area contributed by atoms with Crippen LogP contribution in [0.5, 0.6) is 0 Å². The lowest BCUT2D eigenvalue weighted by Gasteiger charge is -2.18. The van der Waals surface area contributed by atoms with E-state index in [4.69, 9.17) is 0 Å². The molecule has 1 heterocycles. The molecule has 0 bridgehead atoms. The number of hydrogen-bond donors (Lipinski definition) is 1. The third-order valence-corrected chi connectivity index (χ3v) is 1.79. The van der Waals surface area contributed by atoms with Crippen molar-refractivity contribution in [1.82, 2.24) is 0 Å². The van der Waals surface area contributed by atoms with E-state index < -0.39 is 5.60 Å². The standard InChI is InChI=1S/C9H9NO/c1-9(11)4-2-7-3-5-10-8(7)6-9/h2-6,11H,1H3. The molecule has 2 nitrogen and oxygen atoms in total. The van der Waals surface area contributed by atoms with Crippen LogP contribution in [0, 0.1) is 0 Å². The van der Waals surface area contributed by atoms with Crippen LogP contribution in [0.25, 0.3) is 0 Å². The number of aliphatic hydroxyl groups is 1. The molecule has 11 heavy (non-hydrogen) atoms. The Hall–Kier alpha value is -1.15. The Morgan fingerprint density at radius 3 is 3.18 bits per heavy atom. The minimum atomic E-state index is -0.825. The number of rotatable bonds is 0. The zero-order chi connectivity index (χ0) is 7.90. The van der Waals surface area contributed by atoms with E-state index in [1.807, 2.05) is 12.2 Å². The highest BCUT2D eigenvalue weighted by atomic mass is 16.3. The van der Waals surface area contributed by atoms with Crippen LogP contribution in [0.4, 0.5) is 0 Å². The molecule has 0 radical (unpaired) electrons. The van der Waals surface area contributed by atoms with Gasteiger partial charge in [0.2, 0.25) is 0 Å². The summed E-state index contributed by atoms with van der Waals surface area (Å²) in [4.78, 5) is 4.09. The maximum Gasteiger partial charge on any atom is 0.101 e. The molecule has 1 aliphatic heterocycles. The van der Waals surface area contributed by atoms with Gasteiger partial charge < -0.3 is 5.11 Å². The van der Waals surface area contributed by atoms with Crippen molar-refractivity contribution in [3.8, 4) is 0 Å². The molecule has 1 atom stereocenters. The lowest BCUT2D eigenvalue weighted by molar-refractivity contribution is 0.162. The fourth-order valence-electron chi connectivity index (χ4n) is 1.20. The maximum absolute atomic E-state index is 9.56. The van der Waals surface area contributed by atoms with E-state index in [9.17, 15) is 5.11 Å². The lowest BCUT2D eigenvalue weighted by atomic mass is 9.96. The van der Waals surface area contributed by atoms with Crippen molar-refractivity contribution in [2.75, 3.05) is 0 Å². The Bertz CT molecular complexity index is 306. The van der Waals surface area contributed by atoms with Gasteiger partial charge in [0.25, 0.3) is 0 Å². The van der Waals surface area contributed by atoms with Crippen molar-refractivity contribution >= 4 is 6.21 Å². The highest BCUT2D eigenvalue weighted by Gasteiger charge is 2.20. The number of nitrogens with zero attached hydrogens (tertiary/aromatic N) is 1. The Labute approximate surface area is 65.3 Å². The molecule has 2 rings (SSSR count). The van der Waals surface area contributed by atoms with Gasteiger partial charge in [-0.1, -0.05) is 6.08 Å². The van der Waals surface area contributed by atoms with E-state index in [2.05, 4.69) is 4.99 Å². The van der Waals surface area contributed by atoms with Crippen LogP contribution in [0.1, 0.15) is 6.92 Å². The van der Waals surface area contributed by atoms with Gasteiger partial charge in [0.05, 0.1) is 5.70 Å². The molecule has 56 valence electrons. The molecule has 0 aromatic carbocycles. The topological polar surface area (TPSA) is 32.6 Å². The summed E-state index contributed by atoms with van der Waals surface area (Å²) in [6.45, 7) is 1.74. The molecule has 0 aromatic heterocycles. The smallest absolute Gasteiger partial charge is 0.101 e. The molecule has 0 aromatic rings. The number of aliphatic imine (C=N–C) groups is 1. The predicted octanol–water partition coefficient (Wildman–Crippen LogP) is 1.20. The lowest BCUT2D eigenvalue weighted by Crippen LogP contribution is -2.19. The van der Waals surface area contributed by atoms with Crippen LogP contribution in [0.3, 0.4) is 0 Å². The SMILES string of the molecule is CC1(O)C=CC2=CC=NC2=C1. The first-order valence-electron chi connectivity index (χ1n) is 3.57. The van der Waals surface area contributed by atoms with E-state index in [-0.39, 0.29) is 0 Å². The van der Waals surface area contributed by atoms with Crippen LogP contribution in [0.15, 0.2) is 40.6 Å². The quantitative estimate of drug-likeness (QED) is 0.548. The molecule has 2 aliphatic rings. The van der Waals surface area contributed by atoms with Crippen molar-refractivity contribution in [1.29, 1.82) is 0 Å². The molecule has 1 N–H and O–H groups in total. The summed E-state index contributed by atoms with van der Waals surface area (Å²) in [5.41, 5.74) is 1.13. The fourth-order valence-corrected chi connectivity index (χ4v) is 1.20. The maximum atomic E-state index is 9.56. The van der Waals surface area contributed by atoms with Gasteiger partial charge >= 0.3 is 0 Å². The van der Waals surface area contributed by atoms with Gasteiger partial charge in [-0.05, 0) is 25.2 Å². The van der Waals surface area contributed by atoms with Crippen LogP contribution >= 0.6 is 0 Å². The van der Waals surface area contributed by atoms with Crippen LogP contribution in [0.2, 0.25) is 0 Å². The first kappa shape index (κ1) is 6.55. The minimum Gasteiger partial charge on any atom is -0.382 e. The number of fused-ring (bicyclic) bond motifs is 1. The van der Waals surface area contributed by atoms with Crippen LogP contribution < -0.4 is 0 Å². The second kappa shape index (κ2) is 1.92. The normalized spacial score (nSPS) is 33.3. The van der Waals surface area contributed by atoms with Crippen molar-refractivity contribution in [3.05, 3.63) is 35.6 Å². The fraction of sp³-hybridized carbons (Fsp3) is 0.222. The average molecular weight is 147 g/mol. The van der Waals surface area contributed by atoms with Crippen LogP contribution in [-0.2, 0) is 0 Å². The Balaban J connectivity index is 2.45. The Kier molecular flexibility index (Phi) is 1.14. The molecule has 0 saturated carbocycles. The van der Waals surface area contributed by atoms with Gasteiger partial charge in [0, 0.05) is 11.8 Å². The minimum absolute atomic E-state index is 0.825. The molecule has 0 saturated heterocycles. The second-order valence-corrected chi connectivity index (χ2v) is 2.99. The van der Waals surface area contributed by atoms with E-state index in [0.717, 1.165) is 11.3 Å². The Morgan fingerprint density at radius 1 is 1.55 bits per heavy atom. The van der Waals surface area contributed by atoms with Gasteiger partial charge in [-0.3, -0.25) is 4.99 Å². The molecular formula is C9H9NO. The zero-order valence-electron chi connectivity index (χ0n) is 6.28. The molecule has 0 amide bonds. The van der Waals surface area contributed by atoms with Gasteiger partial charge in [-0.25, -0.2) is 0 Å². The highest BCUT2D eigenvalue weighted by Crippen LogP contribution is 2.26. The molecule has 0 fully saturated rings. The summed E-state index contributed by atoms with van der Waals surface area (Å²) in [6, 6.07) is 0. The zero-order valence-corrected chi connectivity index (χ0v) is 6.28. The number of allylic oxidation sites excluding steroid dienone is 2. The number of hydrogen-bond acceptors (Lipinski definition) is 2. The molecule has 1 aliphatic carbocycles. The summed E-state index contributed by atoms with van der Waals surface area (Å²) in [7, 11) is 0. The van der Waals surface area contributed by atoms with Gasteiger partial charge in [-0.15, -0.1) is 0 Å². The van der Waals surface area contributed by atoms with E-state index >= 15 is 0 Å². The molecular weight excluding hydrogens is 138 g/mol. The van der Waals surface area contributed by atoms with Gasteiger partial charge in [-0.2, -0.15) is 0 Å². The first-order valence-corrected chi connectivity index (χ1v) is 3.57. The summed E-state index contributed by atoms with van der Waals surface area (Å²) in [6.07, 6.45) is 9.08. The van der Waals surface area contributed by atoms with Gasteiger partial charge in [0.15, 0.2) is 0 Å². The second-order valence-electron chi connectivity index (χ2n) is 2.99. The van der Waals surface area contributed by atoms with Crippen LogP contribution in [-0.4, -0.2) is 16.9 Å². The summed E-state index contributed by atoms with van der Waals surface area (Å²) < 4.78 is 0. The monoisotopic (exact) mass is 147 g/mol. The van der Waals surface area contributed by atoms with Gasteiger partial charge in [0.1, 0.15) is 5.60 Å². The summed E-state index contributed by atoms with van der Waals surface area (Å²) in [5, 5.41) is 9.56. The van der Waals surface area contributed by atoms with Crippen molar-refractivity contribution in [2.45, 2.75) is 12.5 Å². The summed E-state index contributed by atoms with van der Waals surface area (Å²) in [5.74, 6) is 0. The van der Waals surface area contributed by atoms with E-state index in [1.54, 1.807) is 25.3 Å². The predicted molar refractivity (Wildman–Crippen MR) is 44.4 cm³/mol. The van der Waals surface area contributed by atoms with Crippen molar-refractivity contribution in [2.24, 2.45) is 4.99 Å². The summed E-state index contributed by atoms with van der Waals surface area (Å²) >= 11 is 0. The first-order chi connectivity index (χ1) is 5.17. The van der Waals surface area contributed by atoms with Crippen molar-refractivity contribution < 1.29 is 5.11 Å². The molecule has 2 heteroatoms. The Morgan fingerprint density at radius 2 is 2.36 bits per heavy atom. The molecule has 1 unspecified atom stereocenters. The average Bonchev–Trinajstić information content (AvgIpc) is 2.31. The van der Waals surface area contributed by atoms with E-state index in [1.165, 1.54) is 0 Å².